The monoisotopic (exact) mass is 278 g/mol. The fourth-order valence-corrected chi connectivity index (χ4v) is 2.73. The van der Waals surface area contributed by atoms with Gasteiger partial charge >= 0.3 is 0 Å². The number of thioether (sulfide) groups is 1. The SMILES string of the molecule is Cc1ccc2nc(CSCC(C)CO)cc(=O)n2c1. The zero-order valence-electron chi connectivity index (χ0n) is 11.2. The van der Waals surface area contributed by atoms with E-state index < -0.39 is 0 Å². The second-order valence-electron chi connectivity index (χ2n) is 4.82. The number of aliphatic hydroxyl groups excluding tert-OH is 1. The van der Waals surface area contributed by atoms with Gasteiger partial charge in [0.05, 0.1) is 5.69 Å². The normalized spacial score (nSPS) is 12.8. The molecule has 2 aromatic heterocycles. The van der Waals surface area contributed by atoms with Gasteiger partial charge in [0, 0.05) is 24.6 Å². The van der Waals surface area contributed by atoms with Gasteiger partial charge in [-0.15, -0.1) is 0 Å². The van der Waals surface area contributed by atoms with Crippen LogP contribution in [0.2, 0.25) is 0 Å². The molecule has 2 rings (SSSR count). The first-order valence-corrected chi connectivity index (χ1v) is 7.43. The zero-order chi connectivity index (χ0) is 13.8. The van der Waals surface area contributed by atoms with Gasteiger partial charge in [-0.3, -0.25) is 9.20 Å². The van der Waals surface area contributed by atoms with E-state index in [1.807, 2.05) is 26.0 Å². The van der Waals surface area contributed by atoms with E-state index in [-0.39, 0.29) is 18.1 Å². The highest BCUT2D eigenvalue weighted by Gasteiger charge is 2.04. The highest BCUT2D eigenvalue weighted by atomic mass is 32.2. The topological polar surface area (TPSA) is 54.6 Å². The molecule has 0 bridgehead atoms. The fourth-order valence-electron chi connectivity index (χ4n) is 1.75. The molecule has 2 heterocycles. The van der Waals surface area contributed by atoms with Crippen molar-refractivity contribution in [2.45, 2.75) is 19.6 Å². The number of fused-ring (bicyclic) bond motifs is 1. The predicted octanol–water partition coefficient (Wildman–Crippen LogP) is 1.86. The number of aromatic nitrogens is 2. The summed E-state index contributed by atoms with van der Waals surface area (Å²) in [5.74, 6) is 1.84. The van der Waals surface area contributed by atoms with E-state index in [2.05, 4.69) is 4.98 Å². The molecular formula is C14H18N2O2S. The second kappa shape index (κ2) is 6.21. The minimum atomic E-state index is -0.0421. The summed E-state index contributed by atoms with van der Waals surface area (Å²) in [5.41, 5.74) is 2.47. The highest BCUT2D eigenvalue weighted by Crippen LogP contribution is 2.13. The van der Waals surface area contributed by atoms with Gasteiger partial charge < -0.3 is 5.11 Å². The van der Waals surface area contributed by atoms with Crippen LogP contribution in [0.15, 0.2) is 29.2 Å². The van der Waals surface area contributed by atoms with E-state index in [9.17, 15) is 4.79 Å². The van der Waals surface area contributed by atoms with Crippen molar-refractivity contribution in [3.8, 4) is 0 Å². The van der Waals surface area contributed by atoms with E-state index in [1.165, 1.54) is 0 Å². The van der Waals surface area contributed by atoms with Crippen molar-refractivity contribution in [2.75, 3.05) is 12.4 Å². The molecule has 0 aromatic carbocycles. The molecule has 1 atom stereocenters. The fraction of sp³-hybridized carbons (Fsp3) is 0.429. The molecule has 5 heteroatoms. The van der Waals surface area contributed by atoms with Crippen LogP contribution >= 0.6 is 11.8 Å². The molecule has 1 N–H and O–H groups in total. The average Bonchev–Trinajstić information content (AvgIpc) is 2.39. The van der Waals surface area contributed by atoms with E-state index in [0.717, 1.165) is 17.0 Å². The molecule has 0 radical (unpaired) electrons. The molecule has 0 spiro atoms. The van der Waals surface area contributed by atoms with Crippen LogP contribution in [0.3, 0.4) is 0 Å². The Morgan fingerprint density at radius 3 is 3.00 bits per heavy atom. The molecule has 2 aromatic rings. The van der Waals surface area contributed by atoms with Gasteiger partial charge in [-0.05, 0) is 30.2 Å². The molecule has 0 aliphatic heterocycles. The standard InChI is InChI=1S/C14H18N2O2S/c1-10-3-4-13-15-12(5-14(18)16(13)6-10)9-19-8-11(2)7-17/h3-6,11,17H,7-9H2,1-2H3. The van der Waals surface area contributed by atoms with Crippen molar-refractivity contribution in [1.29, 1.82) is 0 Å². The summed E-state index contributed by atoms with van der Waals surface area (Å²) < 4.78 is 1.57. The van der Waals surface area contributed by atoms with Gasteiger partial charge in [-0.2, -0.15) is 11.8 Å². The van der Waals surface area contributed by atoms with Crippen LogP contribution in [-0.2, 0) is 5.75 Å². The molecule has 102 valence electrons. The Balaban J connectivity index is 2.17. The molecule has 19 heavy (non-hydrogen) atoms. The molecule has 1 unspecified atom stereocenters. The summed E-state index contributed by atoms with van der Waals surface area (Å²) in [6.45, 7) is 4.14. The Labute approximate surface area is 116 Å². The largest absolute Gasteiger partial charge is 0.396 e. The molecule has 0 amide bonds. The minimum absolute atomic E-state index is 0.0421. The van der Waals surface area contributed by atoms with E-state index in [4.69, 9.17) is 5.11 Å². The molecular weight excluding hydrogens is 260 g/mol. The first kappa shape index (κ1) is 14.1. The number of aryl methyl sites for hydroxylation is 1. The Bertz CT molecular complexity index is 624. The molecule has 4 nitrogen and oxygen atoms in total. The van der Waals surface area contributed by atoms with E-state index >= 15 is 0 Å². The van der Waals surface area contributed by atoms with Crippen molar-refractivity contribution in [3.63, 3.8) is 0 Å². The van der Waals surface area contributed by atoms with Crippen LogP contribution in [0, 0.1) is 12.8 Å². The Hall–Kier alpha value is -1.33. The Morgan fingerprint density at radius 1 is 1.47 bits per heavy atom. The predicted molar refractivity (Wildman–Crippen MR) is 78.6 cm³/mol. The van der Waals surface area contributed by atoms with Crippen LogP contribution in [-0.4, -0.2) is 26.9 Å². The Kier molecular flexibility index (Phi) is 4.61. The quantitative estimate of drug-likeness (QED) is 0.907. The van der Waals surface area contributed by atoms with Crippen molar-refractivity contribution in [3.05, 3.63) is 46.0 Å². The maximum Gasteiger partial charge on any atom is 0.258 e. The van der Waals surface area contributed by atoms with Crippen molar-refractivity contribution >= 4 is 17.4 Å². The molecule has 0 saturated heterocycles. The number of pyridine rings is 1. The van der Waals surface area contributed by atoms with Crippen molar-refractivity contribution in [2.24, 2.45) is 5.92 Å². The van der Waals surface area contributed by atoms with Gasteiger partial charge in [-0.25, -0.2) is 4.98 Å². The third-order valence-corrected chi connectivity index (χ3v) is 4.13. The second-order valence-corrected chi connectivity index (χ2v) is 5.85. The van der Waals surface area contributed by atoms with Gasteiger partial charge in [-0.1, -0.05) is 13.0 Å². The molecule has 0 saturated carbocycles. The summed E-state index contributed by atoms with van der Waals surface area (Å²) in [7, 11) is 0. The maximum absolute atomic E-state index is 12.0. The summed E-state index contributed by atoms with van der Waals surface area (Å²) >= 11 is 1.69. The number of hydrogen-bond acceptors (Lipinski definition) is 4. The lowest BCUT2D eigenvalue weighted by atomic mass is 10.2. The van der Waals surface area contributed by atoms with E-state index in [1.54, 1.807) is 28.4 Å². The van der Waals surface area contributed by atoms with Crippen LogP contribution in [0.25, 0.3) is 5.65 Å². The van der Waals surface area contributed by atoms with Crippen LogP contribution in [0.1, 0.15) is 18.2 Å². The summed E-state index contributed by atoms with van der Waals surface area (Å²) in [4.78, 5) is 16.5. The lowest BCUT2D eigenvalue weighted by molar-refractivity contribution is 0.250. The minimum Gasteiger partial charge on any atom is -0.396 e. The summed E-state index contributed by atoms with van der Waals surface area (Å²) in [6.07, 6.45) is 1.80. The third kappa shape index (κ3) is 3.58. The van der Waals surface area contributed by atoms with Crippen molar-refractivity contribution in [1.82, 2.24) is 9.38 Å². The van der Waals surface area contributed by atoms with Gasteiger partial charge in [0.25, 0.3) is 5.56 Å². The van der Waals surface area contributed by atoms with Crippen LogP contribution < -0.4 is 5.56 Å². The summed E-state index contributed by atoms with van der Waals surface area (Å²) in [5, 5.41) is 8.96. The van der Waals surface area contributed by atoms with Gasteiger partial charge in [0.2, 0.25) is 0 Å². The third-order valence-electron chi connectivity index (χ3n) is 2.82. The highest BCUT2D eigenvalue weighted by molar-refractivity contribution is 7.98. The van der Waals surface area contributed by atoms with Gasteiger partial charge in [0.1, 0.15) is 5.65 Å². The maximum atomic E-state index is 12.0. The van der Waals surface area contributed by atoms with Crippen LogP contribution in [0.4, 0.5) is 0 Å². The number of aliphatic hydroxyl groups is 1. The Morgan fingerprint density at radius 2 is 2.26 bits per heavy atom. The average molecular weight is 278 g/mol. The molecule has 0 fully saturated rings. The smallest absolute Gasteiger partial charge is 0.258 e. The summed E-state index contributed by atoms with van der Waals surface area (Å²) in [6, 6.07) is 5.40. The van der Waals surface area contributed by atoms with Crippen molar-refractivity contribution < 1.29 is 5.11 Å². The van der Waals surface area contributed by atoms with Gasteiger partial charge in [0.15, 0.2) is 0 Å². The van der Waals surface area contributed by atoms with Crippen LogP contribution in [0.5, 0.6) is 0 Å². The first-order valence-electron chi connectivity index (χ1n) is 6.27. The molecule has 0 aliphatic carbocycles. The first-order chi connectivity index (χ1) is 9.10. The lowest BCUT2D eigenvalue weighted by Crippen LogP contribution is -2.15. The van der Waals surface area contributed by atoms with E-state index in [0.29, 0.717) is 11.4 Å². The number of rotatable bonds is 5. The molecule has 0 aliphatic rings. The number of hydrogen-bond donors (Lipinski definition) is 1. The lowest BCUT2D eigenvalue weighted by Gasteiger charge is -2.07. The zero-order valence-corrected chi connectivity index (χ0v) is 12.0. The number of nitrogens with zero attached hydrogens (tertiary/aromatic N) is 2.